The van der Waals surface area contributed by atoms with Crippen molar-refractivity contribution in [1.29, 1.82) is 0 Å². The quantitative estimate of drug-likeness (QED) is 0.793. The fraction of sp³-hybridized carbons (Fsp3) is 0.333. The number of carbonyl (C=O) groups is 2. The molecule has 1 amide bonds. The first-order valence-corrected chi connectivity index (χ1v) is 5.27. The van der Waals surface area contributed by atoms with E-state index in [1.54, 1.807) is 0 Å². The molecule has 0 aliphatic carbocycles. The van der Waals surface area contributed by atoms with Crippen LogP contribution in [0.1, 0.15) is 23.6 Å². The van der Waals surface area contributed by atoms with Gasteiger partial charge in [-0.25, -0.2) is 4.79 Å². The van der Waals surface area contributed by atoms with Crippen molar-refractivity contribution in [2.45, 2.75) is 19.0 Å². The summed E-state index contributed by atoms with van der Waals surface area (Å²) in [6.45, 7) is 0.327. The van der Waals surface area contributed by atoms with Crippen LogP contribution in [0.2, 0.25) is 0 Å². The number of esters is 1. The van der Waals surface area contributed by atoms with Crippen molar-refractivity contribution >= 4 is 12.1 Å². The smallest absolute Gasteiger partial charge is 0.408 e. The number of hydrogen-bond acceptors (Lipinski definition) is 3. The Kier molecular flexibility index (Phi) is 2.99. The van der Waals surface area contributed by atoms with Gasteiger partial charge < -0.3 is 9.84 Å². The van der Waals surface area contributed by atoms with Crippen LogP contribution in [-0.2, 0) is 16.1 Å². The Labute approximate surface area is 98.6 Å². The lowest BCUT2D eigenvalue weighted by molar-refractivity contribution is -0.141. The number of fused-ring (bicyclic) bond motifs is 1. The number of ether oxygens (including phenoxy) is 1. The fourth-order valence-electron chi connectivity index (χ4n) is 2.13. The van der Waals surface area contributed by atoms with Crippen molar-refractivity contribution in [3.05, 3.63) is 35.4 Å². The Balaban J connectivity index is 2.30. The summed E-state index contributed by atoms with van der Waals surface area (Å²) < 4.78 is 4.60. The lowest BCUT2D eigenvalue weighted by Gasteiger charge is -2.21. The van der Waals surface area contributed by atoms with Crippen LogP contribution in [0.5, 0.6) is 0 Å². The second kappa shape index (κ2) is 4.45. The Morgan fingerprint density at radius 1 is 1.47 bits per heavy atom. The number of methoxy groups -OCH3 is 1. The molecule has 90 valence electrons. The molecule has 1 heterocycles. The second-order valence-electron chi connectivity index (χ2n) is 3.91. The summed E-state index contributed by atoms with van der Waals surface area (Å²) in [4.78, 5) is 23.7. The monoisotopic (exact) mass is 235 g/mol. The van der Waals surface area contributed by atoms with Crippen molar-refractivity contribution in [2.75, 3.05) is 7.11 Å². The maximum absolute atomic E-state index is 11.3. The van der Waals surface area contributed by atoms with E-state index in [0.717, 1.165) is 11.1 Å². The zero-order chi connectivity index (χ0) is 12.4. The lowest BCUT2D eigenvalue weighted by atomic mass is 10.0. The van der Waals surface area contributed by atoms with Gasteiger partial charge in [0, 0.05) is 6.54 Å². The van der Waals surface area contributed by atoms with Crippen LogP contribution >= 0.6 is 0 Å². The highest BCUT2D eigenvalue weighted by atomic mass is 16.5. The first kappa shape index (κ1) is 11.4. The molecule has 5 nitrogen and oxygen atoms in total. The number of rotatable bonds is 2. The van der Waals surface area contributed by atoms with Crippen LogP contribution in [-0.4, -0.2) is 29.2 Å². The molecule has 1 atom stereocenters. The first-order valence-electron chi connectivity index (χ1n) is 5.27. The third-order valence-corrected chi connectivity index (χ3v) is 2.96. The average Bonchev–Trinajstić information content (AvgIpc) is 2.68. The summed E-state index contributed by atoms with van der Waals surface area (Å²) in [5.41, 5.74) is 1.84. The maximum atomic E-state index is 11.3. The first-order chi connectivity index (χ1) is 8.13. The Bertz CT molecular complexity index is 458. The van der Waals surface area contributed by atoms with E-state index in [0.29, 0.717) is 6.54 Å². The predicted molar refractivity (Wildman–Crippen MR) is 59.4 cm³/mol. The summed E-state index contributed by atoms with van der Waals surface area (Å²) in [5, 5.41) is 9.12. The molecule has 0 fully saturated rings. The molecule has 1 aromatic rings. The fourth-order valence-corrected chi connectivity index (χ4v) is 2.13. The van der Waals surface area contributed by atoms with Gasteiger partial charge in [-0.1, -0.05) is 24.3 Å². The van der Waals surface area contributed by atoms with Crippen LogP contribution in [0.25, 0.3) is 0 Å². The van der Waals surface area contributed by atoms with E-state index < -0.39 is 18.1 Å². The Morgan fingerprint density at radius 3 is 2.82 bits per heavy atom. The summed E-state index contributed by atoms with van der Waals surface area (Å²) in [7, 11) is 1.30. The summed E-state index contributed by atoms with van der Waals surface area (Å²) in [5.74, 6) is -0.405. The maximum Gasteiger partial charge on any atom is 0.408 e. The van der Waals surface area contributed by atoms with Gasteiger partial charge in [0.15, 0.2) is 0 Å². The van der Waals surface area contributed by atoms with Crippen molar-refractivity contribution in [3.63, 3.8) is 0 Å². The van der Waals surface area contributed by atoms with Crippen molar-refractivity contribution in [1.82, 2.24) is 4.90 Å². The number of hydrogen-bond donors (Lipinski definition) is 1. The largest absolute Gasteiger partial charge is 0.469 e. The molecule has 0 aromatic heterocycles. The molecule has 0 radical (unpaired) electrons. The zero-order valence-electron chi connectivity index (χ0n) is 9.42. The average molecular weight is 235 g/mol. The van der Waals surface area contributed by atoms with Crippen LogP contribution in [0.4, 0.5) is 4.79 Å². The third-order valence-electron chi connectivity index (χ3n) is 2.96. The minimum atomic E-state index is -1.02. The van der Waals surface area contributed by atoms with Gasteiger partial charge in [0.2, 0.25) is 0 Å². The summed E-state index contributed by atoms with van der Waals surface area (Å²) >= 11 is 0. The number of amides is 1. The highest BCUT2D eigenvalue weighted by Crippen LogP contribution is 2.35. The van der Waals surface area contributed by atoms with Crippen LogP contribution < -0.4 is 0 Å². The van der Waals surface area contributed by atoms with Crippen molar-refractivity contribution in [2.24, 2.45) is 0 Å². The lowest BCUT2D eigenvalue weighted by Crippen LogP contribution is -2.29. The number of carboxylic acid groups (broad SMARTS) is 1. The molecule has 0 bridgehead atoms. The van der Waals surface area contributed by atoms with E-state index >= 15 is 0 Å². The molecule has 1 aromatic carbocycles. The van der Waals surface area contributed by atoms with Crippen LogP contribution in [0.15, 0.2) is 24.3 Å². The standard InChI is InChI=1S/C12H13NO4/c1-17-11(14)6-10-9-5-3-2-4-8(9)7-13(10)12(15)16/h2-5,10H,6-7H2,1H3,(H,15,16). The van der Waals surface area contributed by atoms with Gasteiger partial charge in [-0.2, -0.15) is 0 Å². The molecule has 0 saturated heterocycles. The van der Waals surface area contributed by atoms with Crippen molar-refractivity contribution in [3.8, 4) is 0 Å². The van der Waals surface area contributed by atoms with E-state index in [4.69, 9.17) is 5.11 Å². The van der Waals surface area contributed by atoms with Gasteiger partial charge in [0.25, 0.3) is 0 Å². The van der Waals surface area contributed by atoms with Gasteiger partial charge in [-0.3, -0.25) is 9.69 Å². The normalized spacial score (nSPS) is 17.7. The molecule has 0 saturated carbocycles. The van der Waals surface area contributed by atoms with E-state index in [9.17, 15) is 9.59 Å². The van der Waals surface area contributed by atoms with Gasteiger partial charge in [0.05, 0.1) is 19.6 Å². The molecule has 0 spiro atoms. The minimum absolute atomic E-state index is 0.0554. The highest BCUT2D eigenvalue weighted by Gasteiger charge is 2.34. The Morgan fingerprint density at radius 2 is 2.18 bits per heavy atom. The minimum Gasteiger partial charge on any atom is -0.469 e. The SMILES string of the molecule is COC(=O)CC1c2ccccc2CN1C(=O)O. The van der Waals surface area contributed by atoms with Gasteiger partial charge in [-0.05, 0) is 11.1 Å². The molecule has 1 unspecified atom stereocenters. The molecule has 2 rings (SSSR count). The predicted octanol–water partition coefficient (Wildman–Crippen LogP) is 1.78. The van der Waals surface area contributed by atoms with Crippen LogP contribution in [0, 0.1) is 0 Å². The molecular weight excluding hydrogens is 222 g/mol. The summed E-state index contributed by atoms with van der Waals surface area (Å²) in [6.07, 6.45) is -0.963. The van der Waals surface area contributed by atoms with Gasteiger partial charge in [-0.15, -0.1) is 0 Å². The van der Waals surface area contributed by atoms with E-state index in [2.05, 4.69) is 4.74 Å². The number of nitrogens with zero attached hydrogens (tertiary/aromatic N) is 1. The molecule has 5 heteroatoms. The molecule has 17 heavy (non-hydrogen) atoms. The molecule has 1 aliphatic heterocycles. The van der Waals surface area contributed by atoms with Crippen LogP contribution in [0.3, 0.4) is 0 Å². The Hall–Kier alpha value is -2.04. The van der Waals surface area contributed by atoms with E-state index in [-0.39, 0.29) is 6.42 Å². The molecule has 1 N–H and O–H groups in total. The molecule has 1 aliphatic rings. The topological polar surface area (TPSA) is 66.8 Å². The van der Waals surface area contributed by atoms with E-state index in [1.165, 1.54) is 12.0 Å². The highest BCUT2D eigenvalue weighted by molar-refractivity contribution is 5.73. The van der Waals surface area contributed by atoms with E-state index in [1.807, 2.05) is 24.3 Å². The zero-order valence-corrected chi connectivity index (χ0v) is 9.42. The number of carbonyl (C=O) groups excluding carboxylic acids is 1. The third kappa shape index (κ3) is 2.08. The van der Waals surface area contributed by atoms with Gasteiger partial charge >= 0.3 is 12.1 Å². The van der Waals surface area contributed by atoms with Crippen molar-refractivity contribution < 1.29 is 19.4 Å². The van der Waals surface area contributed by atoms with Gasteiger partial charge in [0.1, 0.15) is 0 Å². The summed E-state index contributed by atoms with van der Waals surface area (Å²) in [6, 6.07) is 7.00. The molecular formula is C12H13NO4. The number of benzene rings is 1. The second-order valence-corrected chi connectivity index (χ2v) is 3.91.